The molecule has 0 saturated carbocycles. The summed E-state index contributed by atoms with van der Waals surface area (Å²) in [5.41, 5.74) is 0.649. The van der Waals surface area contributed by atoms with Gasteiger partial charge in [0, 0.05) is 19.1 Å². The summed E-state index contributed by atoms with van der Waals surface area (Å²) in [7, 11) is 0. The average Bonchev–Trinajstić information content (AvgIpc) is 2.55. The van der Waals surface area contributed by atoms with Crippen molar-refractivity contribution < 1.29 is 5.11 Å². The summed E-state index contributed by atoms with van der Waals surface area (Å²) < 4.78 is 0. The highest BCUT2D eigenvalue weighted by atomic mass is 35.5. The van der Waals surface area contributed by atoms with E-state index in [9.17, 15) is 5.11 Å². The van der Waals surface area contributed by atoms with Gasteiger partial charge in [0.05, 0.1) is 12.2 Å². The van der Waals surface area contributed by atoms with Crippen LogP contribution in [0.3, 0.4) is 0 Å². The minimum Gasteiger partial charge on any atom is -0.391 e. The Balaban J connectivity index is 1.64. The molecule has 5 nitrogen and oxygen atoms in total. The van der Waals surface area contributed by atoms with Crippen LogP contribution in [0, 0.1) is 0 Å². The lowest BCUT2D eigenvalue weighted by Crippen LogP contribution is -2.47. The van der Waals surface area contributed by atoms with Crippen molar-refractivity contribution in [1.29, 1.82) is 0 Å². The third-order valence-corrected chi connectivity index (χ3v) is 5.02. The Morgan fingerprint density at radius 3 is 2.48 bits per heavy atom. The average molecular weight is 311 g/mol. The van der Waals surface area contributed by atoms with Gasteiger partial charge in [-0.05, 0) is 38.8 Å². The Morgan fingerprint density at radius 1 is 1.10 bits per heavy atom. The van der Waals surface area contributed by atoms with Gasteiger partial charge in [0.15, 0.2) is 0 Å². The first-order valence-electron chi connectivity index (χ1n) is 7.89. The number of likely N-dealkylation sites (tertiary alicyclic amines) is 1. The highest BCUT2D eigenvalue weighted by molar-refractivity contribution is 6.30. The fourth-order valence-electron chi connectivity index (χ4n) is 3.52. The van der Waals surface area contributed by atoms with E-state index in [0.717, 1.165) is 31.7 Å². The molecule has 1 N–H and O–H groups in total. The zero-order valence-electron chi connectivity index (χ0n) is 12.3. The van der Waals surface area contributed by atoms with Crippen LogP contribution in [0.1, 0.15) is 37.7 Å². The molecule has 6 heteroatoms. The zero-order chi connectivity index (χ0) is 14.7. The van der Waals surface area contributed by atoms with Crippen molar-refractivity contribution in [3.63, 3.8) is 0 Å². The van der Waals surface area contributed by atoms with Gasteiger partial charge in [0.1, 0.15) is 17.3 Å². The second-order valence-electron chi connectivity index (χ2n) is 5.94. The summed E-state index contributed by atoms with van der Waals surface area (Å²) in [6.07, 6.45) is 7.87. The van der Waals surface area contributed by atoms with Crippen LogP contribution in [-0.4, -0.2) is 52.2 Å². The van der Waals surface area contributed by atoms with E-state index >= 15 is 0 Å². The summed E-state index contributed by atoms with van der Waals surface area (Å²) >= 11 is 6.05. The molecule has 3 heterocycles. The predicted molar refractivity (Wildman–Crippen MR) is 83.6 cm³/mol. The quantitative estimate of drug-likeness (QED) is 0.866. The van der Waals surface area contributed by atoms with Gasteiger partial charge >= 0.3 is 0 Å². The number of anilines is 1. The third kappa shape index (κ3) is 3.30. The number of halogens is 1. The van der Waals surface area contributed by atoms with E-state index in [1.54, 1.807) is 0 Å². The number of aliphatic hydroxyl groups excluding tert-OH is 1. The second kappa shape index (κ2) is 6.90. The van der Waals surface area contributed by atoms with Crippen LogP contribution in [0.2, 0.25) is 5.15 Å². The van der Waals surface area contributed by atoms with Gasteiger partial charge < -0.3 is 14.9 Å². The van der Waals surface area contributed by atoms with Crippen molar-refractivity contribution in [2.75, 3.05) is 31.1 Å². The van der Waals surface area contributed by atoms with E-state index in [0.29, 0.717) is 16.8 Å². The normalized spacial score (nSPS) is 21.7. The number of hydrogen-bond donors (Lipinski definition) is 1. The molecule has 0 unspecified atom stereocenters. The van der Waals surface area contributed by atoms with Crippen molar-refractivity contribution in [3.8, 4) is 0 Å². The molecule has 0 amide bonds. The number of aromatic nitrogens is 2. The summed E-state index contributed by atoms with van der Waals surface area (Å²) in [5.74, 6) is 0.801. The Bertz CT molecular complexity index is 471. The smallest absolute Gasteiger partial charge is 0.140 e. The molecule has 2 saturated heterocycles. The molecule has 3 rings (SSSR count). The maximum Gasteiger partial charge on any atom is 0.140 e. The van der Waals surface area contributed by atoms with Gasteiger partial charge in [-0.3, -0.25) is 0 Å². The second-order valence-corrected chi connectivity index (χ2v) is 6.30. The lowest BCUT2D eigenvalue weighted by molar-refractivity contribution is 0.141. The van der Waals surface area contributed by atoms with E-state index in [1.165, 1.54) is 38.7 Å². The molecule has 2 aliphatic rings. The first-order valence-corrected chi connectivity index (χ1v) is 8.26. The van der Waals surface area contributed by atoms with Gasteiger partial charge in [-0.15, -0.1) is 0 Å². The lowest BCUT2D eigenvalue weighted by Gasteiger charge is -2.40. The van der Waals surface area contributed by atoms with Crippen LogP contribution in [0.15, 0.2) is 6.33 Å². The molecular weight excluding hydrogens is 288 g/mol. The van der Waals surface area contributed by atoms with E-state index in [4.69, 9.17) is 11.6 Å². The van der Waals surface area contributed by atoms with Gasteiger partial charge in [-0.2, -0.15) is 0 Å². The first kappa shape index (κ1) is 15.0. The number of hydrogen-bond acceptors (Lipinski definition) is 5. The molecule has 0 atom stereocenters. The van der Waals surface area contributed by atoms with Crippen molar-refractivity contribution in [1.82, 2.24) is 14.9 Å². The van der Waals surface area contributed by atoms with Crippen LogP contribution >= 0.6 is 11.6 Å². The predicted octanol–water partition coefficient (Wildman–Crippen LogP) is 2.08. The van der Waals surface area contributed by atoms with Crippen molar-refractivity contribution in [2.45, 2.75) is 44.8 Å². The molecule has 1 aromatic rings. The molecule has 2 aliphatic heterocycles. The van der Waals surface area contributed by atoms with Crippen molar-refractivity contribution in [3.05, 3.63) is 17.0 Å². The number of aliphatic hydroxyl groups is 1. The SMILES string of the molecule is OCc1c(Cl)ncnc1N1CCC(N2CCCCC2)CC1. The monoisotopic (exact) mass is 310 g/mol. The van der Waals surface area contributed by atoms with Gasteiger partial charge in [-0.25, -0.2) is 9.97 Å². The first-order chi connectivity index (χ1) is 10.3. The van der Waals surface area contributed by atoms with Crippen LogP contribution in [0.25, 0.3) is 0 Å². The molecule has 1 aromatic heterocycles. The van der Waals surface area contributed by atoms with Crippen LogP contribution in [0.4, 0.5) is 5.82 Å². The fourth-order valence-corrected chi connectivity index (χ4v) is 3.71. The number of rotatable bonds is 3. The Hall–Kier alpha value is -0.910. The van der Waals surface area contributed by atoms with Crippen LogP contribution in [-0.2, 0) is 6.61 Å². The standard InChI is InChI=1S/C15H23ClN4O/c16-14-13(10-21)15(18-11-17-14)20-8-4-12(5-9-20)19-6-2-1-3-7-19/h11-12,21H,1-10H2. The summed E-state index contributed by atoms with van der Waals surface area (Å²) in [5, 5.41) is 9.85. The minimum atomic E-state index is -0.110. The molecule has 21 heavy (non-hydrogen) atoms. The Morgan fingerprint density at radius 2 is 1.81 bits per heavy atom. The molecule has 0 aliphatic carbocycles. The maximum absolute atomic E-state index is 9.49. The van der Waals surface area contributed by atoms with Crippen molar-refractivity contribution >= 4 is 17.4 Å². The van der Waals surface area contributed by atoms with E-state index in [2.05, 4.69) is 19.8 Å². The largest absolute Gasteiger partial charge is 0.391 e. The molecule has 2 fully saturated rings. The van der Waals surface area contributed by atoms with Gasteiger partial charge in [-0.1, -0.05) is 18.0 Å². The van der Waals surface area contributed by atoms with E-state index in [-0.39, 0.29) is 6.61 Å². The number of nitrogens with zero attached hydrogens (tertiary/aromatic N) is 4. The number of piperidine rings is 2. The Kier molecular flexibility index (Phi) is 4.93. The zero-order valence-corrected chi connectivity index (χ0v) is 13.1. The summed E-state index contributed by atoms with van der Waals surface area (Å²) in [4.78, 5) is 13.2. The topological polar surface area (TPSA) is 52.5 Å². The molecule has 0 spiro atoms. The van der Waals surface area contributed by atoms with E-state index < -0.39 is 0 Å². The van der Waals surface area contributed by atoms with Gasteiger partial charge in [0.25, 0.3) is 0 Å². The highest BCUT2D eigenvalue weighted by Crippen LogP contribution is 2.28. The minimum absolute atomic E-state index is 0.110. The molecule has 0 aromatic carbocycles. The summed E-state index contributed by atoms with van der Waals surface area (Å²) in [6.45, 7) is 4.35. The highest BCUT2D eigenvalue weighted by Gasteiger charge is 2.27. The molecule has 0 bridgehead atoms. The van der Waals surface area contributed by atoms with Crippen molar-refractivity contribution in [2.24, 2.45) is 0 Å². The van der Waals surface area contributed by atoms with Crippen LogP contribution in [0.5, 0.6) is 0 Å². The fraction of sp³-hybridized carbons (Fsp3) is 0.733. The Labute approximate surface area is 130 Å². The lowest BCUT2D eigenvalue weighted by atomic mass is 9.99. The molecule has 116 valence electrons. The molecule has 0 radical (unpaired) electrons. The van der Waals surface area contributed by atoms with Gasteiger partial charge in [0.2, 0.25) is 0 Å². The van der Waals surface area contributed by atoms with E-state index in [1.807, 2.05) is 0 Å². The summed E-state index contributed by atoms with van der Waals surface area (Å²) in [6, 6.07) is 0.705. The van der Waals surface area contributed by atoms with Crippen LogP contribution < -0.4 is 4.90 Å². The third-order valence-electron chi connectivity index (χ3n) is 4.70. The maximum atomic E-state index is 9.49. The molecular formula is C15H23ClN4O.